The third-order valence-corrected chi connectivity index (χ3v) is 2.83. The standard InChI is InChI=1S/C12H10N6O2/c19-11-7-3-1-2-4-9(7)13-5-8(11)12(20)14-6-10-15-17-18-16-10/h1-5H,6H2,(H,13,19)(H,14,20)(H,15,16,17,18). The van der Waals surface area contributed by atoms with Crippen molar-refractivity contribution < 1.29 is 4.79 Å². The van der Waals surface area contributed by atoms with E-state index in [0.29, 0.717) is 16.7 Å². The Morgan fingerprint density at radius 2 is 2.15 bits per heavy atom. The number of nitrogens with one attached hydrogen (secondary N) is 3. The molecule has 3 aromatic rings. The molecule has 2 aromatic heterocycles. The summed E-state index contributed by atoms with van der Waals surface area (Å²) in [5.74, 6) is -0.141. The minimum Gasteiger partial charge on any atom is -0.360 e. The first-order valence-corrected chi connectivity index (χ1v) is 5.86. The van der Waals surface area contributed by atoms with Crippen LogP contribution in [0.15, 0.2) is 35.3 Å². The third-order valence-electron chi connectivity index (χ3n) is 2.83. The van der Waals surface area contributed by atoms with Crippen molar-refractivity contribution in [3.8, 4) is 0 Å². The lowest BCUT2D eigenvalue weighted by Crippen LogP contribution is -2.28. The predicted molar refractivity (Wildman–Crippen MR) is 69.9 cm³/mol. The summed E-state index contributed by atoms with van der Waals surface area (Å²) >= 11 is 0. The van der Waals surface area contributed by atoms with Crippen molar-refractivity contribution in [2.75, 3.05) is 0 Å². The Morgan fingerprint density at radius 3 is 2.95 bits per heavy atom. The number of tetrazole rings is 1. The Hall–Kier alpha value is -3.03. The molecule has 1 aromatic carbocycles. The smallest absolute Gasteiger partial charge is 0.257 e. The molecule has 0 radical (unpaired) electrons. The molecule has 0 aliphatic carbocycles. The normalized spacial score (nSPS) is 10.6. The number of hydrogen-bond acceptors (Lipinski definition) is 5. The highest BCUT2D eigenvalue weighted by molar-refractivity contribution is 5.96. The number of carbonyl (C=O) groups is 1. The maximum atomic E-state index is 12.2. The number of aromatic amines is 2. The molecule has 0 bridgehead atoms. The van der Waals surface area contributed by atoms with Crippen molar-refractivity contribution >= 4 is 16.8 Å². The zero-order valence-electron chi connectivity index (χ0n) is 10.3. The summed E-state index contributed by atoms with van der Waals surface area (Å²) < 4.78 is 0. The summed E-state index contributed by atoms with van der Waals surface area (Å²) in [5, 5.41) is 16.1. The summed E-state index contributed by atoms with van der Waals surface area (Å²) in [6, 6.07) is 7.01. The van der Waals surface area contributed by atoms with Crippen molar-refractivity contribution in [1.29, 1.82) is 0 Å². The van der Waals surface area contributed by atoms with E-state index in [4.69, 9.17) is 0 Å². The van der Waals surface area contributed by atoms with E-state index in [2.05, 4.69) is 30.9 Å². The van der Waals surface area contributed by atoms with Crippen LogP contribution in [0.2, 0.25) is 0 Å². The summed E-state index contributed by atoms with van der Waals surface area (Å²) in [5.41, 5.74) is 0.421. The van der Waals surface area contributed by atoms with Gasteiger partial charge < -0.3 is 10.3 Å². The van der Waals surface area contributed by atoms with Gasteiger partial charge in [0.2, 0.25) is 5.43 Å². The molecule has 0 aliphatic heterocycles. The number of fused-ring (bicyclic) bond motifs is 1. The summed E-state index contributed by atoms with van der Waals surface area (Å²) in [7, 11) is 0. The van der Waals surface area contributed by atoms with E-state index in [1.807, 2.05) is 6.07 Å². The summed E-state index contributed by atoms with van der Waals surface area (Å²) in [4.78, 5) is 27.1. The van der Waals surface area contributed by atoms with Crippen LogP contribution in [0.5, 0.6) is 0 Å². The van der Waals surface area contributed by atoms with Gasteiger partial charge in [0.1, 0.15) is 5.56 Å². The second-order valence-electron chi connectivity index (χ2n) is 4.09. The number of aromatic nitrogens is 5. The maximum absolute atomic E-state index is 12.2. The highest BCUT2D eigenvalue weighted by atomic mass is 16.2. The zero-order chi connectivity index (χ0) is 13.9. The van der Waals surface area contributed by atoms with Crippen LogP contribution in [-0.4, -0.2) is 31.5 Å². The number of amides is 1. The van der Waals surface area contributed by atoms with Gasteiger partial charge in [0.15, 0.2) is 5.82 Å². The highest BCUT2D eigenvalue weighted by Crippen LogP contribution is 2.06. The first kappa shape index (κ1) is 12.0. The Balaban J connectivity index is 1.88. The molecule has 0 atom stereocenters. The molecule has 0 saturated heterocycles. The van der Waals surface area contributed by atoms with Gasteiger partial charge in [0, 0.05) is 17.1 Å². The van der Waals surface area contributed by atoms with Gasteiger partial charge in [0.25, 0.3) is 5.91 Å². The van der Waals surface area contributed by atoms with Crippen molar-refractivity contribution in [1.82, 2.24) is 30.9 Å². The number of benzene rings is 1. The van der Waals surface area contributed by atoms with Gasteiger partial charge in [0.05, 0.1) is 6.54 Å². The van der Waals surface area contributed by atoms with E-state index in [9.17, 15) is 9.59 Å². The molecule has 0 unspecified atom stereocenters. The van der Waals surface area contributed by atoms with Crippen LogP contribution in [0.1, 0.15) is 16.2 Å². The second kappa shape index (κ2) is 4.92. The topological polar surface area (TPSA) is 116 Å². The first-order chi connectivity index (χ1) is 9.75. The van der Waals surface area contributed by atoms with Gasteiger partial charge in [-0.05, 0) is 12.1 Å². The monoisotopic (exact) mass is 270 g/mol. The number of hydrogen-bond donors (Lipinski definition) is 3. The van der Waals surface area contributed by atoms with Gasteiger partial charge in [-0.3, -0.25) is 9.59 Å². The van der Waals surface area contributed by atoms with Crippen LogP contribution < -0.4 is 10.7 Å². The van der Waals surface area contributed by atoms with Gasteiger partial charge >= 0.3 is 0 Å². The molecule has 0 saturated carbocycles. The number of para-hydroxylation sites is 1. The Bertz CT molecular complexity index is 808. The first-order valence-electron chi connectivity index (χ1n) is 5.86. The summed E-state index contributed by atoms with van der Waals surface area (Å²) in [6.07, 6.45) is 1.40. The Morgan fingerprint density at radius 1 is 1.30 bits per heavy atom. The molecule has 1 amide bonds. The molecule has 3 N–H and O–H groups in total. The molecular weight excluding hydrogens is 260 g/mol. The minimum atomic E-state index is -0.484. The molecule has 2 heterocycles. The minimum absolute atomic E-state index is 0.0483. The molecule has 0 aliphatic rings. The van der Waals surface area contributed by atoms with Crippen molar-refractivity contribution in [2.24, 2.45) is 0 Å². The second-order valence-corrected chi connectivity index (χ2v) is 4.09. The maximum Gasteiger partial charge on any atom is 0.257 e. The van der Waals surface area contributed by atoms with E-state index in [-0.39, 0.29) is 17.5 Å². The Kier molecular flexibility index (Phi) is 2.96. The predicted octanol–water partition coefficient (Wildman–Crippen LogP) is -0.0288. The van der Waals surface area contributed by atoms with Gasteiger partial charge in [-0.25, -0.2) is 0 Å². The van der Waals surface area contributed by atoms with Crippen LogP contribution in [0.3, 0.4) is 0 Å². The number of rotatable bonds is 3. The van der Waals surface area contributed by atoms with Crippen LogP contribution >= 0.6 is 0 Å². The van der Waals surface area contributed by atoms with Crippen molar-refractivity contribution in [3.05, 3.63) is 52.1 Å². The molecule has 100 valence electrons. The highest BCUT2D eigenvalue weighted by Gasteiger charge is 2.13. The molecule has 3 rings (SSSR count). The number of carbonyl (C=O) groups excluding carboxylic acids is 1. The molecule has 20 heavy (non-hydrogen) atoms. The lowest BCUT2D eigenvalue weighted by molar-refractivity contribution is 0.0948. The average molecular weight is 270 g/mol. The van der Waals surface area contributed by atoms with E-state index < -0.39 is 5.91 Å². The van der Waals surface area contributed by atoms with E-state index >= 15 is 0 Å². The third kappa shape index (κ3) is 2.14. The average Bonchev–Trinajstić information content (AvgIpc) is 2.99. The number of H-pyrrole nitrogens is 2. The quantitative estimate of drug-likeness (QED) is 0.618. The Labute approximate surface area is 112 Å². The van der Waals surface area contributed by atoms with Crippen LogP contribution in [0, 0.1) is 0 Å². The van der Waals surface area contributed by atoms with E-state index in [1.54, 1.807) is 18.2 Å². The van der Waals surface area contributed by atoms with Crippen LogP contribution in [-0.2, 0) is 6.54 Å². The molecule has 8 heteroatoms. The number of pyridine rings is 1. The van der Waals surface area contributed by atoms with Crippen molar-refractivity contribution in [2.45, 2.75) is 6.54 Å². The van der Waals surface area contributed by atoms with Crippen molar-refractivity contribution in [3.63, 3.8) is 0 Å². The summed E-state index contributed by atoms with van der Waals surface area (Å²) in [6.45, 7) is 0.0988. The van der Waals surface area contributed by atoms with Crippen LogP contribution in [0.25, 0.3) is 10.9 Å². The molecule has 0 fully saturated rings. The van der Waals surface area contributed by atoms with E-state index in [1.165, 1.54) is 6.20 Å². The molecule has 8 nitrogen and oxygen atoms in total. The molecular formula is C12H10N6O2. The zero-order valence-corrected chi connectivity index (χ0v) is 10.3. The van der Waals surface area contributed by atoms with Crippen LogP contribution in [0.4, 0.5) is 0 Å². The molecule has 0 spiro atoms. The van der Waals surface area contributed by atoms with Gasteiger partial charge in [-0.2, -0.15) is 5.21 Å². The van der Waals surface area contributed by atoms with E-state index in [0.717, 1.165) is 0 Å². The fourth-order valence-corrected chi connectivity index (χ4v) is 1.85. The largest absolute Gasteiger partial charge is 0.360 e. The fraction of sp³-hybridized carbons (Fsp3) is 0.0833. The SMILES string of the molecule is O=C(NCc1nn[nH]n1)c1c[nH]c2ccccc2c1=O. The van der Waals surface area contributed by atoms with Gasteiger partial charge in [-0.15, -0.1) is 10.2 Å². The lowest BCUT2D eigenvalue weighted by Gasteiger charge is -2.03. The van der Waals surface area contributed by atoms with Gasteiger partial charge in [-0.1, -0.05) is 17.3 Å². The fourth-order valence-electron chi connectivity index (χ4n) is 1.85. The lowest BCUT2D eigenvalue weighted by atomic mass is 10.1. The number of nitrogens with zero attached hydrogens (tertiary/aromatic N) is 3.